The van der Waals surface area contributed by atoms with Crippen LogP contribution in [0.25, 0.3) is 6.08 Å². The smallest absolute Gasteiger partial charge is 0.0135 e. The SMILES string of the molecule is CNC/C=C/c1ccccc1.[Cl-]. The van der Waals surface area contributed by atoms with Crippen LogP contribution in [0.4, 0.5) is 0 Å². The molecule has 0 atom stereocenters. The minimum absolute atomic E-state index is 0. The van der Waals surface area contributed by atoms with Gasteiger partial charge in [0.2, 0.25) is 0 Å². The van der Waals surface area contributed by atoms with E-state index < -0.39 is 0 Å². The zero-order chi connectivity index (χ0) is 7.94. The molecule has 0 unspecified atom stereocenters. The highest BCUT2D eigenvalue weighted by molar-refractivity contribution is 5.48. The standard InChI is InChI=1S/C10H13N.ClH/c1-11-9-5-8-10-6-3-2-4-7-10;/h2-8,11H,9H2,1H3;1H/p-1/b8-5+;. The fourth-order valence-corrected chi connectivity index (χ4v) is 0.877. The first kappa shape index (κ1) is 11.2. The van der Waals surface area contributed by atoms with Crippen molar-refractivity contribution in [2.45, 2.75) is 0 Å². The Balaban J connectivity index is 0.00000121. The fraction of sp³-hybridized carbons (Fsp3) is 0.200. The summed E-state index contributed by atoms with van der Waals surface area (Å²) < 4.78 is 0. The lowest BCUT2D eigenvalue weighted by Crippen LogP contribution is -3.00. The molecule has 0 bridgehead atoms. The van der Waals surface area contributed by atoms with Crippen LogP contribution in [0.3, 0.4) is 0 Å². The summed E-state index contributed by atoms with van der Waals surface area (Å²) in [6.07, 6.45) is 4.21. The number of likely N-dealkylation sites (N-methyl/N-ethyl adjacent to an activating group) is 1. The minimum Gasteiger partial charge on any atom is -1.00 e. The summed E-state index contributed by atoms with van der Waals surface area (Å²) in [7, 11) is 1.94. The van der Waals surface area contributed by atoms with Gasteiger partial charge >= 0.3 is 0 Å². The topological polar surface area (TPSA) is 12.0 Å². The second-order valence-corrected chi connectivity index (χ2v) is 2.37. The Morgan fingerprint density at radius 3 is 2.50 bits per heavy atom. The van der Waals surface area contributed by atoms with Crippen molar-refractivity contribution in [2.75, 3.05) is 13.6 Å². The molecule has 1 nitrogen and oxygen atoms in total. The van der Waals surface area contributed by atoms with Gasteiger partial charge in [0, 0.05) is 6.54 Å². The van der Waals surface area contributed by atoms with Crippen molar-refractivity contribution in [2.24, 2.45) is 0 Å². The molecule has 12 heavy (non-hydrogen) atoms. The van der Waals surface area contributed by atoms with E-state index in [9.17, 15) is 0 Å². The van der Waals surface area contributed by atoms with Crippen LogP contribution in [0.15, 0.2) is 36.4 Å². The number of hydrogen-bond donors (Lipinski definition) is 1. The van der Waals surface area contributed by atoms with Crippen LogP contribution in [-0.2, 0) is 0 Å². The summed E-state index contributed by atoms with van der Waals surface area (Å²) in [6, 6.07) is 10.3. The summed E-state index contributed by atoms with van der Waals surface area (Å²) in [4.78, 5) is 0. The van der Waals surface area contributed by atoms with E-state index in [0.717, 1.165) is 6.54 Å². The summed E-state index contributed by atoms with van der Waals surface area (Å²) >= 11 is 0. The van der Waals surface area contributed by atoms with Crippen LogP contribution in [-0.4, -0.2) is 13.6 Å². The van der Waals surface area contributed by atoms with Gasteiger partial charge in [0.1, 0.15) is 0 Å². The van der Waals surface area contributed by atoms with Crippen LogP contribution >= 0.6 is 0 Å². The average Bonchev–Trinajstić information content (AvgIpc) is 2.07. The molecule has 1 N–H and O–H groups in total. The Morgan fingerprint density at radius 1 is 1.25 bits per heavy atom. The van der Waals surface area contributed by atoms with Crippen molar-refractivity contribution in [1.29, 1.82) is 0 Å². The van der Waals surface area contributed by atoms with Crippen molar-refractivity contribution in [1.82, 2.24) is 5.32 Å². The predicted molar refractivity (Wildman–Crippen MR) is 49.4 cm³/mol. The summed E-state index contributed by atoms with van der Waals surface area (Å²) in [6.45, 7) is 0.925. The highest BCUT2D eigenvalue weighted by atomic mass is 35.5. The van der Waals surface area contributed by atoms with E-state index in [1.807, 2.05) is 25.2 Å². The van der Waals surface area contributed by atoms with Crippen LogP contribution in [0.1, 0.15) is 5.56 Å². The maximum atomic E-state index is 3.05. The predicted octanol–water partition coefficient (Wildman–Crippen LogP) is -1.08. The number of benzene rings is 1. The number of halogens is 1. The summed E-state index contributed by atoms with van der Waals surface area (Å²) in [5, 5.41) is 3.05. The largest absolute Gasteiger partial charge is 1.00 e. The van der Waals surface area contributed by atoms with Gasteiger partial charge in [-0.1, -0.05) is 42.5 Å². The molecule has 0 radical (unpaired) electrons. The average molecular weight is 183 g/mol. The Kier molecular flexibility index (Phi) is 6.44. The maximum absolute atomic E-state index is 3.05. The number of nitrogens with one attached hydrogen (secondary N) is 1. The first-order valence-electron chi connectivity index (χ1n) is 3.79. The van der Waals surface area contributed by atoms with Gasteiger partial charge in [-0.05, 0) is 12.6 Å². The van der Waals surface area contributed by atoms with E-state index in [4.69, 9.17) is 0 Å². The summed E-state index contributed by atoms with van der Waals surface area (Å²) in [5.74, 6) is 0. The van der Waals surface area contributed by atoms with Crippen LogP contribution in [0.2, 0.25) is 0 Å². The molecule has 0 aliphatic heterocycles. The highest BCUT2D eigenvalue weighted by Crippen LogP contribution is 1.99. The molecule has 0 heterocycles. The third kappa shape index (κ3) is 4.16. The molecule has 0 saturated heterocycles. The third-order valence-corrected chi connectivity index (χ3v) is 1.43. The molecule has 0 fully saturated rings. The molecule has 1 rings (SSSR count). The van der Waals surface area contributed by atoms with Crippen LogP contribution in [0, 0.1) is 0 Å². The Hall–Kier alpha value is -0.790. The van der Waals surface area contributed by atoms with Gasteiger partial charge in [0.15, 0.2) is 0 Å². The van der Waals surface area contributed by atoms with E-state index in [-0.39, 0.29) is 12.4 Å². The van der Waals surface area contributed by atoms with Crippen molar-refractivity contribution >= 4 is 6.08 Å². The van der Waals surface area contributed by atoms with Gasteiger partial charge in [-0.25, -0.2) is 0 Å². The second kappa shape index (κ2) is 6.89. The van der Waals surface area contributed by atoms with Gasteiger partial charge < -0.3 is 17.7 Å². The molecule has 1 aromatic rings. The van der Waals surface area contributed by atoms with Gasteiger partial charge in [-0.15, -0.1) is 0 Å². The van der Waals surface area contributed by atoms with E-state index >= 15 is 0 Å². The highest BCUT2D eigenvalue weighted by Gasteiger charge is 1.79. The first-order valence-corrected chi connectivity index (χ1v) is 3.79. The minimum atomic E-state index is 0. The molecule has 0 aliphatic rings. The van der Waals surface area contributed by atoms with E-state index in [1.165, 1.54) is 5.56 Å². The van der Waals surface area contributed by atoms with Gasteiger partial charge in [-0.2, -0.15) is 0 Å². The first-order chi connectivity index (χ1) is 5.43. The van der Waals surface area contributed by atoms with Crippen molar-refractivity contribution < 1.29 is 12.4 Å². The normalized spacial score (nSPS) is 9.75. The lowest BCUT2D eigenvalue weighted by atomic mass is 10.2. The lowest BCUT2D eigenvalue weighted by molar-refractivity contribution is -0.00000224. The van der Waals surface area contributed by atoms with E-state index in [0.29, 0.717) is 0 Å². The van der Waals surface area contributed by atoms with Crippen LogP contribution < -0.4 is 17.7 Å². The second-order valence-electron chi connectivity index (χ2n) is 2.37. The molecular formula is C10H13ClN-. The molecule has 2 heteroatoms. The molecule has 1 aromatic carbocycles. The molecule has 0 spiro atoms. The number of hydrogen-bond acceptors (Lipinski definition) is 1. The Bertz CT molecular complexity index is 219. The van der Waals surface area contributed by atoms with Crippen molar-refractivity contribution in [3.8, 4) is 0 Å². The molecule has 66 valence electrons. The summed E-state index contributed by atoms with van der Waals surface area (Å²) in [5.41, 5.74) is 1.25. The molecule has 0 amide bonds. The van der Waals surface area contributed by atoms with Gasteiger partial charge in [-0.3, -0.25) is 0 Å². The zero-order valence-electron chi connectivity index (χ0n) is 7.13. The van der Waals surface area contributed by atoms with Gasteiger partial charge in [0.25, 0.3) is 0 Å². The maximum Gasteiger partial charge on any atom is 0.0135 e. The Labute approximate surface area is 79.9 Å². The quantitative estimate of drug-likeness (QED) is 0.628. The Morgan fingerprint density at radius 2 is 1.92 bits per heavy atom. The number of rotatable bonds is 3. The fourth-order valence-electron chi connectivity index (χ4n) is 0.877. The lowest BCUT2D eigenvalue weighted by Gasteiger charge is -1.90. The van der Waals surface area contributed by atoms with Gasteiger partial charge in [0.05, 0.1) is 0 Å². The van der Waals surface area contributed by atoms with Crippen molar-refractivity contribution in [3.05, 3.63) is 42.0 Å². The van der Waals surface area contributed by atoms with Crippen molar-refractivity contribution in [3.63, 3.8) is 0 Å². The zero-order valence-corrected chi connectivity index (χ0v) is 7.88. The van der Waals surface area contributed by atoms with Crippen LogP contribution in [0.5, 0.6) is 0 Å². The molecule has 0 aromatic heterocycles. The molecule has 0 saturated carbocycles. The monoisotopic (exact) mass is 182 g/mol. The van der Waals surface area contributed by atoms with E-state index in [1.54, 1.807) is 0 Å². The third-order valence-electron chi connectivity index (χ3n) is 1.43. The molecule has 0 aliphatic carbocycles. The molecular weight excluding hydrogens is 170 g/mol. The van der Waals surface area contributed by atoms with E-state index in [2.05, 4.69) is 29.6 Å².